The van der Waals surface area contributed by atoms with Crippen molar-refractivity contribution in [3.63, 3.8) is 0 Å². The van der Waals surface area contributed by atoms with Gasteiger partial charge in [0.1, 0.15) is 0 Å². The molecule has 2 rings (SSSR count). The highest BCUT2D eigenvalue weighted by atomic mass is 35.5. The molecule has 0 aromatic heterocycles. The summed E-state index contributed by atoms with van der Waals surface area (Å²) in [5, 5.41) is 4.76. The number of nitrogens with one attached hydrogen (secondary N) is 1. The molecule has 0 saturated heterocycles. The summed E-state index contributed by atoms with van der Waals surface area (Å²) in [6, 6.07) is 5.80. The van der Waals surface area contributed by atoms with Crippen LogP contribution in [-0.4, -0.2) is 22.0 Å². The molecule has 0 spiro atoms. The highest BCUT2D eigenvalue weighted by Gasteiger charge is 2.26. The van der Waals surface area contributed by atoms with Gasteiger partial charge in [0.05, 0.1) is 20.8 Å². The summed E-state index contributed by atoms with van der Waals surface area (Å²) in [4.78, 5) is 0.792. The summed E-state index contributed by atoms with van der Waals surface area (Å²) in [6.45, 7) is 3.21. The molecule has 3 unspecified atom stereocenters. The van der Waals surface area contributed by atoms with Gasteiger partial charge in [-0.05, 0) is 50.4 Å². The number of hydrogen-bond donors (Lipinski definition) is 1. The van der Waals surface area contributed by atoms with Crippen molar-refractivity contribution in [2.24, 2.45) is 0 Å². The third-order valence-electron chi connectivity index (χ3n) is 3.74. The summed E-state index contributed by atoms with van der Waals surface area (Å²) in [5.41, 5.74) is 0. The fourth-order valence-electron chi connectivity index (χ4n) is 2.67. The fraction of sp³-hybridized carbons (Fsp3) is 0.600. The Labute approximate surface area is 133 Å². The lowest BCUT2D eigenvalue weighted by Crippen LogP contribution is -2.37. The van der Waals surface area contributed by atoms with Crippen molar-refractivity contribution in [3.8, 4) is 0 Å². The lowest BCUT2D eigenvalue weighted by Gasteiger charge is -2.29. The van der Waals surface area contributed by atoms with Crippen LogP contribution in [0.15, 0.2) is 23.1 Å². The summed E-state index contributed by atoms with van der Waals surface area (Å²) in [7, 11) is -0.998. The summed E-state index contributed by atoms with van der Waals surface area (Å²) in [6.07, 6.45) is 5.47. The molecule has 1 aromatic carbocycles. The number of rotatable bonds is 5. The van der Waals surface area contributed by atoms with Crippen molar-refractivity contribution in [1.29, 1.82) is 0 Å². The van der Waals surface area contributed by atoms with Gasteiger partial charge in [-0.2, -0.15) is 0 Å². The molecular formula is C15H21Cl2NOS. The van der Waals surface area contributed by atoms with Gasteiger partial charge >= 0.3 is 0 Å². The second kappa shape index (κ2) is 7.79. The Kier molecular flexibility index (Phi) is 6.34. The quantitative estimate of drug-likeness (QED) is 0.864. The van der Waals surface area contributed by atoms with E-state index in [1.165, 1.54) is 6.42 Å². The first-order chi connectivity index (χ1) is 9.61. The van der Waals surface area contributed by atoms with Gasteiger partial charge in [-0.15, -0.1) is 0 Å². The van der Waals surface area contributed by atoms with Crippen molar-refractivity contribution in [2.45, 2.75) is 55.2 Å². The van der Waals surface area contributed by atoms with E-state index in [9.17, 15) is 4.21 Å². The fourth-order valence-corrected chi connectivity index (χ4v) is 4.64. The van der Waals surface area contributed by atoms with Crippen LogP contribution in [0, 0.1) is 0 Å². The molecule has 1 N–H and O–H groups in total. The SMILES string of the molecule is CCCNC1CCCC(S(=O)c2ccc(Cl)c(Cl)c2)C1. The van der Waals surface area contributed by atoms with Crippen LogP contribution in [0.5, 0.6) is 0 Å². The van der Waals surface area contributed by atoms with Gasteiger partial charge in [-0.1, -0.05) is 36.5 Å². The van der Waals surface area contributed by atoms with Crippen LogP contribution >= 0.6 is 23.2 Å². The maximum absolute atomic E-state index is 12.7. The Morgan fingerprint density at radius 1 is 1.30 bits per heavy atom. The van der Waals surface area contributed by atoms with E-state index in [1.807, 2.05) is 6.07 Å². The lowest BCUT2D eigenvalue weighted by molar-refractivity contribution is 0.378. The summed E-state index contributed by atoms with van der Waals surface area (Å²) < 4.78 is 12.7. The highest BCUT2D eigenvalue weighted by molar-refractivity contribution is 7.85. The third kappa shape index (κ3) is 4.20. The highest BCUT2D eigenvalue weighted by Crippen LogP contribution is 2.29. The van der Waals surface area contributed by atoms with Crippen molar-refractivity contribution < 1.29 is 4.21 Å². The minimum atomic E-state index is -0.998. The van der Waals surface area contributed by atoms with Crippen LogP contribution in [0.2, 0.25) is 10.0 Å². The molecule has 1 saturated carbocycles. The second-order valence-corrected chi connectivity index (χ2v) is 7.86. The van der Waals surface area contributed by atoms with Gasteiger partial charge in [-0.3, -0.25) is 4.21 Å². The molecule has 1 aromatic rings. The predicted molar refractivity (Wildman–Crippen MR) is 87.2 cm³/mol. The molecule has 3 atom stereocenters. The first-order valence-corrected chi connectivity index (χ1v) is 9.17. The average Bonchev–Trinajstić information content (AvgIpc) is 2.47. The first kappa shape index (κ1) is 16.3. The molecule has 0 bridgehead atoms. The van der Waals surface area contributed by atoms with E-state index in [-0.39, 0.29) is 5.25 Å². The standard InChI is InChI=1S/C15H21Cl2NOS/c1-2-8-18-11-4-3-5-12(9-11)20(19)13-6-7-14(16)15(17)10-13/h6-7,10-12,18H,2-5,8-9H2,1H3. The maximum atomic E-state index is 12.7. The minimum absolute atomic E-state index is 0.218. The van der Waals surface area contributed by atoms with E-state index in [1.54, 1.807) is 12.1 Å². The van der Waals surface area contributed by atoms with Gasteiger partial charge in [0.25, 0.3) is 0 Å². The zero-order valence-electron chi connectivity index (χ0n) is 11.7. The summed E-state index contributed by atoms with van der Waals surface area (Å²) in [5.74, 6) is 0. The Morgan fingerprint density at radius 2 is 2.10 bits per heavy atom. The van der Waals surface area contributed by atoms with Crippen molar-refractivity contribution in [1.82, 2.24) is 5.32 Å². The van der Waals surface area contributed by atoms with Gasteiger partial charge in [-0.25, -0.2) is 0 Å². The van der Waals surface area contributed by atoms with Crippen LogP contribution < -0.4 is 5.32 Å². The average molecular weight is 334 g/mol. The van der Waals surface area contributed by atoms with Crippen LogP contribution in [-0.2, 0) is 10.8 Å². The van der Waals surface area contributed by atoms with Crippen molar-refractivity contribution in [3.05, 3.63) is 28.2 Å². The second-order valence-electron chi connectivity index (χ2n) is 5.31. The zero-order valence-corrected chi connectivity index (χ0v) is 14.0. The van der Waals surface area contributed by atoms with Crippen molar-refractivity contribution >= 4 is 34.0 Å². The van der Waals surface area contributed by atoms with E-state index in [0.717, 1.165) is 37.1 Å². The molecule has 2 nitrogen and oxygen atoms in total. The molecule has 1 fully saturated rings. The molecule has 0 radical (unpaired) electrons. The monoisotopic (exact) mass is 333 g/mol. The molecule has 0 heterocycles. The Hall–Kier alpha value is -0.0900. The third-order valence-corrected chi connectivity index (χ3v) is 6.23. The molecule has 1 aliphatic carbocycles. The molecule has 0 aliphatic heterocycles. The van der Waals surface area contributed by atoms with Crippen LogP contribution in [0.25, 0.3) is 0 Å². The van der Waals surface area contributed by atoms with Crippen LogP contribution in [0.1, 0.15) is 39.0 Å². The Bertz CT molecular complexity index is 481. The normalized spacial score (nSPS) is 24.6. The molecule has 20 heavy (non-hydrogen) atoms. The summed E-state index contributed by atoms with van der Waals surface area (Å²) >= 11 is 11.9. The number of benzene rings is 1. The predicted octanol–water partition coefficient (Wildman–Crippen LogP) is 4.41. The van der Waals surface area contributed by atoms with Crippen LogP contribution in [0.3, 0.4) is 0 Å². The largest absolute Gasteiger partial charge is 0.314 e. The van der Waals surface area contributed by atoms with E-state index < -0.39 is 10.8 Å². The molecule has 112 valence electrons. The number of hydrogen-bond acceptors (Lipinski definition) is 2. The molecular weight excluding hydrogens is 313 g/mol. The molecule has 1 aliphatic rings. The van der Waals surface area contributed by atoms with E-state index in [2.05, 4.69) is 12.2 Å². The smallest absolute Gasteiger partial charge is 0.0604 e. The van der Waals surface area contributed by atoms with E-state index >= 15 is 0 Å². The van der Waals surface area contributed by atoms with E-state index in [0.29, 0.717) is 16.1 Å². The minimum Gasteiger partial charge on any atom is -0.314 e. The lowest BCUT2D eigenvalue weighted by atomic mass is 9.95. The number of halogens is 2. The molecule has 5 heteroatoms. The maximum Gasteiger partial charge on any atom is 0.0604 e. The Morgan fingerprint density at radius 3 is 2.80 bits per heavy atom. The van der Waals surface area contributed by atoms with Gasteiger partial charge in [0.15, 0.2) is 0 Å². The first-order valence-electron chi connectivity index (χ1n) is 7.20. The van der Waals surface area contributed by atoms with Gasteiger partial charge in [0, 0.05) is 16.2 Å². The van der Waals surface area contributed by atoms with Gasteiger partial charge in [0.2, 0.25) is 0 Å². The van der Waals surface area contributed by atoms with Crippen molar-refractivity contribution in [2.75, 3.05) is 6.54 Å². The topological polar surface area (TPSA) is 29.1 Å². The Balaban J connectivity index is 2.02. The molecule has 0 amide bonds. The van der Waals surface area contributed by atoms with Gasteiger partial charge < -0.3 is 5.32 Å². The zero-order chi connectivity index (χ0) is 14.5. The van der Waals surface area contributed by atoms with Crippen LogP contribution in [0.4, 0.5) is 0 Å². The van der Waals surface area contributed by atoms with E-state index in [4.69, 9.17) is 23.2 Å².